The summed E-state index contributed by atoms with van der Waals surface area (Å²) in [6.07, 6.45) is 3.94. The van der Waals surface area contributed by atoms with Crippen molar-refractivity contribution in [3.63, 3.8) is 0 Å². The topological polar surface area (TPSA) is 92.2 Å². The Bertz CT molecular complexity index is 1010. The number of hydrogen-bond donors (Lipinski definition) is 2. The molecule has 0 unspecified atom stereocenters. The zero-order valence-corrected chi connectivity index (χ0v) is 17.5. The summed E-state index contributed by atoms with van der Waals surface area (Å²) in [6.45, 7) is 6.65. The number of fused-ring (bicyclic) bond motifs is 1. The molecule has 0 aliphatic carbocycles. The molecule has 0 saturated heterocycles. The predicted octanol–water partition coefficient (Wildman–Crippen LogP) is 4.25. The van der Waals surface area contributed by atoms with Gasteiger partial charge in [0.25, 0.3) is 5.91 Å². The molecular formula is C20H21N3O3S2. The summed E-state index contributed by atoms with van der Waals surface area (Å²) in [6, 6.07) is 4.89. The van der Waals surface area contributed by atoms with Gasteiger partial charge in [0.05, 0.1) is 21.7 Å². The average molecular weight is 416 g/mol. The van der Waals surface area contributed by atoms with Gasteiger partial charge in [-0.05, 0) is 18.2 Å². The molecule has 0 bridgehead atoms. The summed E-state index contributed by atoms with van der Waals surface area (Å²) >= 11 is 3.11. The molecule has 0 aliphatic rings. The number of aromatic nitrogens is 2. The number of carbonyl (C=O) groups excluding carboxylic acids is 1. The first kappa shape index (κ1) is 20.3. The van der Waals surface area contributed by atoms with E-state index in [9.17, 15) is 14.7 Å². The Morgan fingerprint density at radius 2 is 1.93 bits per heavy atom. The number of aromatic carboxylic acids is 1. The summed E-state index contributed by atoms with van der Waals surface area (Å²) in [5, 5.41) is 15.8. The van der Waals surface area contributed by atoms with Crippen LogP contribution < -0.4 is 5.32 Å². The summed E-state index contributed by atoms with van der Waals surface area (Å²) in [7, 11) is 0. The normalized spacial score (nSPS) is 11.5. The number of carboxylic acid groups (broad SMARTS) is 1. The van der Waals surface area contributed by atoms with Crippen molar-refractivity contribution < 1.29 is 14.7 Å². The van der Waals surface area contributed by atoms with Crippen molar-refractivity contribution in [2.24, 2.45) is 0 Å². The van der Waals surface area contributed by atoms with Gasteiger partial charge in [-0.25, -0.2) is 9.78 Å². The number of thiazole rings is 1. The van der Waals surface area contributed by atoms with Crippen LogP contribution in [0.1, 0.15) is 46.5 Å². The van der Waals surface area contributed by atoms with Crippen LogP contribution in [0.15, 0.2) is 40.9 Å². The smallest absolute Gasteiger partial charge is 0.335 e. The molecule has 28 heavy (non-hydrogen) atoms. The van der Waals surface area contributed by atoms with Gasteiger partial charge in [-0.1, -0.05) is 20.8 Å². The largest absolute Gasteiger partial charge is 0.478 e. The average Bonchev–Trinajstić information content (AvgIpc) is 3.13. The van der Waals surface area contributed by atoms with E-state index in [0.717, 1.165) is 9.90 Å². The molecule has 0 spiro atoms. The van der Waals surface area contributed by atoms with Gasteiger partial charge in [0.1, 0.15) is 0 Å². The van der Waals surface area contributed by atoms with Crippen LogP contribution in [0, 0.1) is 0 Å². The van der Waals surface area contributed by atoms with Crippen molar-refractivity contribution in [3.05, 3.63) is 52.1 Å². The van der Waals surface area contributed by atoms with Crippen LogP contribution in [0.2, 0.25) is 0 Å². The van der Waals surface area contributed by atoms with Crippen molar-refractivity contribution in [2.45, 2.75) is 36.8 Å². The van der Waals surface area contributed by atoms with Gasteiger partial charge in [-0.2, -0.15) is 0 Å². The quantitative estimate of drug-likeness (QED) is 0.585. The lowest BCUT2D eigenvalue weighted by Gasteiger charge is -2.19. The van der Waals surface area contributed by atoms with Gasteiger partial charge in [-0.15, -0.1) is 23.1 Å². The highest BCUT2D eigenvalue weighted by Gasteiger charge is 2.18. The number of nitrogens with zero attached hydrogens (tertiary/aromatic N) is 2. The van der Waals surface area contributed by atoms with Crippen molar-refractivity contribution >= 4 is 45.9 Å². The zero-order valence-electron chi connectivity index (χ0n) is 15.9. The lowest BCUT2D eigenvalue weighted by atomic mass is 10.1. The number of pyridine rings is 1. The minimum absolute atomic E-state index is 0.0996. The molecule has 1 amide bonds. The first-order valence-electron chi connectivity index (χ1n) is 8.75. The molecule has 2 aromatic heterocycles. The minimum Gasteiger partial charge on any atom is -0.478 e. The number of carbonyl (C=O) groups is 2. The molecule has 0 aliphatic heterocycles. The predicted molar refractivity (Wildman–Crippen MR) is 112 cm³/mol. The Morgan fingerprint density at radius 1 is 1.18 bits per heavy atom. The molecule has 0 saturated carbocycles. The molecular weight excluding hydrogens is 394 g/mol. The Morgan fingerprint density at radius 3 is 2.57 bits per heavy atom. The van der Waals surface area contributed by atoms with E-state index >= 15 is 0 Å². The maximum absolute atomic E-state index is 12.5. The summed E-state index contributed by atoms with van der Waals surface area (Å²) < 4.78 is -0.0996. The van der Waals surface area contributed by atoms with Gasteiger partial charge >= 0.3 is 5.97 Å². The second-order valence-electron chi connectivity index (χ2n) is 7.22. The second-order valence-corrected chi connectivity index (χ2v) is 10.1. The molecule has 3 rings (SSSR count). The highest BCUT2D eigenvalue weighted by Crippen LogP contribution is 2.36. The number of benzene rings is 1. The highest BCUT2D eigenvalue weighted by molar-refractivity contribution is 8.00. The molecule has 2 N–H and O–H groups in total. The van der Waals surface area contributed by atoms with Crippen LogP contribution in [0.25, 0.3) is 10.9 Å². The van der Waals surface area contributed by atoms with Crippen LogP contribution in [-0.2, 0) is 6.42 Å². The zero-order chi connectivity index (χ0) is 20.3. The van der Waals surface area contributed by atoms with E-state index < -0.39 is 5.97 Å². The number of rotatable bonds is 6. The lowest BCUT2D eigenvalue weighted by molar-refractivity contribution is 0.0696. The standard InChI is InChI=1S/C20H21N3O3S2/c1-20(2,3)28-15-10-13(19(25)26)8-12-9-14(11-23-17(12)15)18(24)22-5-4-16-21-6-7-27-16/h6-11H,4-5H2,1-3H3,(H,22,24)(H,25,26). The van der Waals surface area contributed by atoms with Gasteiger partial charge < -0.3 is 10.4 Å². The van der Waals surface area contributed by atoms with Crippen LogP contribution in [-0.4, -0.2) is 38.2 Å². The molecule has 146 valence electrons. The third-order valence-electron chi connectivity index (χ3n) is 3.78. The maximum Gasteiger partial charge on any atom is 0.335 e. The maximum atomic E-state index is 12.5. The van der Waals surface area contributed by atoms with Crippen LogP contribution in [0.4, 0.5) is 0 Å². The first-order valence-corrected chi connectivity index (χ1v) is 10.5. The van der Waals surface area contributed by atoms with Gasteiger partial charge in [0.15, 0.2) is 0 Å². The van der Waals surface area contributed by atoms with E-state index in [1.807, 2.05) is 5.38 Å². The van der Waals surface area contributed by atoms with E-state index in [1.165, 1.54) is 6.20 Å². The molecule has 2 heterocycles. The Hall–Kier alpha value is -2.45. The van der Waals surface area contributed by atoms with Crippen LogP contribution in [0.5, 0.6) is 0 Å². The minimum atomic E-state index is -1.00. The number of thioether (sulfide) groups is 1. The SMILES string of the molecule is CC(C)(C)Sc1cc(C(=O)O)cc2cc(C(=O)NCCc3nccs3)cnc12. The van der Waals surface area contributed by atoms with E-state index in [-0.39, 0.29) is 16.2 Å². The Balaban J connectivity index is 1.86. The van der Waals surface area contributed by atoms with Crippen molar-refractivity contribution in [1.82, 2.24) is 15.3 Å². The Kier molecular flexibility index (Phi) is 6.00. The third kappa shape index (κ3) is 5.08. The lowest BCUT2D eigenvalue weighted by Crippen LogP contribution is -2.25. The summed E-state index contributed by atoms with van der Waals surface area (Å²) in [5.74, 6) is -1.24. The monoisotopic (exact) mass is 415 g/mol. The number of hydrogen-bond acceptors (Lipinski definition) is 6. The molecule has 6 nitrogen and oxygen atoms in total. The molecule has 8 heteroatoms. The fourth-order valence-electron chi connectivity index (χ4n) is 2.63. The molecule has 0 atom stereocenters. The van der Waals surface area contributed by atoms with Gasteiger partial charge in [0, 0.05) is 45.8 Å². The van der Waals surface area contributed by atoms with Gasteiger partial charge in [0.2, 0.25) is 0 Å². The molecule has 0 fully saturated rings. The fourth-order valence-corrected chi connectivity index (χ4v) is 4.37. The number of carboxylic acids is 1. The molecule has 3 aromatic rings. The number of nitrogens with one attached hydrogen (secondary N) is 1. The van der Waals surface area contributed by atoms with E-state index in [4.69, 9.17) is 0 Å². The van der Waals surface area contributed by atoms with E-state index in [2.05, 4.69) is 36.1 Å². The van der Waals surface area contributed by atoms with Crippen LogP contribution in [0.3, 0.4) is 0 Å². The molecule has 1 aromatic carbocycles. The van der Waals surface area contributed by atoms with Crippen molar-refractivity contribution in [1.29, 1.82) is 0 Å². The van der Waals surface area contributed by atoms with Crippen LogP contribution >= 0.6 is 23.1 Å². The highest BCUT2D eigenvalue weighted by atomic mass is 32.2. The summed E-state index contributed by atoms with van der Waals surface area (Å²) in [5.41, 5.74) is 1.28. The third-order valence-corrected chi connectivity index (χ3v) is 5.76. The number of amides is 1. The van der Waals surface area contributed by atoms with E-state index in [1.54, 1.807) is 47.5 Å². The van der Waals surface area contributed by atoms with Gasteiger partial charge in [-0.3, -0.25) is 9.78 Å². The van der Waals surface area contributed by atoms with Crippen molar-refractivity contribution in [3.8, 4) is 0 Å². The fraction of sp³-hybridized carbons (Fsp3) is 0.300. The Labute approximate surface area is 171 Å². The molecule has 0 radical (unpaired) electrons. The second kappa shape index (κ2) is 8.28. The van der Waals surface area contributed by atoms with Crippen molar-refractivity contribution in [2.75, 3.05) is 6.54 Å². The first-order chi connectivity index (χ1) is 13.2. The van der Waals surface area contributed by atoms with E-state index in [0.29, 0.717) is 29.4 Å². The summed E-state index contributed by atoms with van der Waals surface area (Å²) in [4.78, 5) is 33.4.